The van der Waals surface area contributed by atoms with Gasteiger partial charge in [-0.15, -0.1) is 12.4 Å². The van der Waals surface area contributed by atoms with Gasteiger partial charge < -0.3 is 15.4 Å². The first-order valence-corrected chi connectivity index (χ1v) is 8.69. The third-order valence-electron chi connectivity index (χ3n) is 3.43. The molecule has 0 aliphatic carbocycles. The van der Waals surface area contributed by atoms with Crippen LogP contribution in [-0.2, 0) is 17.9 Å². The standard InChI is InChI=1S/C20H25ClN2O2.ClH/c1-20(2,3)23-19(24)14-25-18-11-7-5-9-16(18)13-22-12-15-8-4-6-10-17(15)21;/h4-11,22H,12-14H2,1-3H3,(H,23,24);1H. The van der Waals surface area contributed by atoms with Crippen LogP contribution in [0.4, 0.5) is 0 Å². The van der Waals surface area contributed by atoms with E-state index < -0.39 is 0 Å². The summed E-state index contributed by atoms with van der Waals surface area (Å²) in [5, 5.41) is 6.99. The van der Waals surface area contributed by atoms with Crippen molar-refractivity contribution in [1.82, 2.24) is 10.6 Å². The molecular weight excluding hydrogens is 371 g/mol. The van der Waals surface area contributed by atoms with Crippen LogP contribution in [0, 0.1) is 0 Å². The van der Waals surface area contributed by atoms with Crippen LogP contribution in [0.5, 0.6) is 5.75 Å². The van der Waals surface area contributed by atoms with Crippen molar-refractivity contribution in [2.24, 2.45) is 0 Å². The van der Waals surface area contributed by atoms with Crippen LogP contribution in [0.15, 0.2) is 48.5 Å². The van der Waals surface area contributed by atoms with Crippen LogP contribution in [-0.4, -0.2) is 18.1 Å². The smallest absolute Gasteiger partial charge is 0.258 e. The number of carbonyl (C=O) groups is 1. The molecule has 0 atom stereocenters. The lowest BCUT2D eigenvalue weighted by Crippen LogP contribution is -2.43. The number of hydrogen-bond donors (Lipinski definition) is 2. The molecule has 2 rings (SSSR count). The Kier molecular flexibility index (Phi) is 8.93. The van der Waals surface area contributed by atoms with E-state index in [9.17, 15) is 4.79 Å². The summed E-state index contributed by atoms with van der Waals surface area (Å²) in [6, 6.07) is 15.5. The fraction of sp³-hybridized carbons (Fsp3) is 0.350. The van der Waals surface area contributed by atoms with Crippen molar-refractivity contribution in [3.05, 3.63) is 64.7 Å². The molecular formula is C20H26Cl2N2O2. The SMILES string of the molecule is CC(C)(C)NC(=O)COc1ccccc1CNCc1ccccc1Cl.Cl. The molecule has 0 fully saturated rings. The van der Waals surface area contributed by atoms with Crippen LogP contribution >= 0.6 is 24.0 Å². The molecule has 0 aliphatic heterocycles. The Morgan fingerprint density at radius 1 is 1.00 bits per heavy atom. The average molecular weight is 397 g/mol. The Morgan fingerprint density at radius 3 is 2.23 bits per heavy atom. The summed E-state index contributed by atoms with van der Waals surface area (Å²) in [6.45, 7) is 7.12. The van der Waals surface area contributed by atoms with Crippen molar-refractivity contribution in [2.75, 3.05) is 6.61 Å². The van der Waals surface area contributed by atoms with Crippen LogP contribution in [0.1, 0.15) is 31.9 Å². The largest absolute Gasteiger partial charge is 0.483 e. The third-order valence-corrected chi connectivity index (χ3v) is 3.80. The van der Waals surface area contributed by atoms with Crippen LogP contribution in [0.3, 0.4) is 0 Å². The molecule has 6 heteroatoms. The second kappa shape index (κ2) is 10.4. The second-order valence-corrected chi connectivity index (χ2v) is 7.30. The van der Waals surface area contributed by atoms with Crippen LogP contribution in [0.2, 0.25) is 5.02 Å². The Bertz CT molecular complexity index is 715. The molecule has 0 saturated carbocycles. The molecule has 0 heterocycles. The van der Waals surface area contributed by atoms with Gasteiger partial charge in [0.15, 0.2) is 6.61 Å². The highest BCUT2D eigenvalue weighted by atomic mass is 35.5. The van der Waals surface area contributed by atoms with Gasteiger partial charge in [-0.3, -0.25) is 4.79 Å². The zero-order chi connectivity index (χ0) is 18.3. The van der Waals surface area contributed by atoms with E-state index in [1.807, 2.05) is 69.3 Å². The number of amides is 1. The molecule has 0 saturated heterocycles. The molecule has 0 unspecified atom stereocenters. The van der Waals surface area contributed by atoms with Gasteiger partial charge in [0.25, 0.3) is 5.91 Å². The number of benzene rings is 2. The minimum atomic E-state index is -0.267. The summed E-state index contributed by atoms with van der Waals surface area (Å²) in [4.78, 5) is 11.9. The molecule has 0 aromatic heterocycles. The topological polar surface area (TPSA) is 50.4 Å². The van der Waals surface area contributed by atoms with E-state index in [4.69, 9.17) is 16.3 Å². The molecule has 4 nitrogen and oxygen atoms in total. The van der Waals surface area contributed by atoms with Gasteiger partial charge in [-0.05, 0) is 38.5 Å². The van der Waals surface area contributed by atoms with Gasteiger partial charge in [0.2, 0.25) is 0 Å². The number of hydrogen-bond acceptors (Lipinski definition) is 3. The third kappa shape index (κ3) is 7.65. The molecule has 2 aromatic carbocycles. The highest BCUT2D eigenvalue weighted by Crippen LogP contribution is 2.19. The number of rotatable bonds is 7. The fourth-order valence-corrected chi connectivity index (χ4v) is 2.56. The van der Waals surface area contributed by atoms with E-state index in [0.29, 0.717) is 18.8 Å². The molecule has 2 aromatic rings. The Labute approximate surface area is 166 Å². The molecule has 0 radical (unpaired) electrons. The van der Waals surface area contributed by atoms with Gasteiger partial charge in [-0.25, -0.2) is 0 Å². The van der Waals surface area contributed by atoms with E-state index in [2.05, 4.69) is 10.6 Å². The quantitative estimate of drug-likeness (QED) is 0.731. The lowest BCUT2D eigenvalue weighted by molar-refractivity contribution is -0.124. The molecule has 1 amide bonds. The highest BCUT2D eigenvalue weighted by Gasteiger charge is 2.14. The molecule has 26 heavy (non-hydrogen) atoms. The Balaban J connectivity index is 0.00000338. The van der Waals surface area contributed by atoms with E-state index >= 15 is 0 Å². The lowest BCUT2D eigenvalue weighted by Gasteiger charge is -2.20. The summed E-state index contributed by atoms with van der Waals surface area (Å²) in [7, 11) is 0. The number of carbonyl (C=O) groups excluding carboxylic acids is 1. The van der Waals surface area contributed by atoms with Crippen molar-refractivity contribution in [2.45, 2.75) is 39.4 Å². The minimum absolute atomic E-state index is 0. The molecule has 0 bridgehead atoms. The first kappa shape index (κ1) is 22.3. The average Bonchev–Trinajstić information content (AvgIpc) is 2.54. The van der Waals surface area contributed by atoms with Gasteiger partial charge in [-0.2, -0.15) is 0 Å². The van der Waals surface area contributed by atoms with E-state index in [1.165, 1.54) is 0 Å². The van der Waals surface area contributed by atoms with Crippen molar-refractivity contribution >= 4 is 29.9 Å². The van der Waals surface area contributed by atoms with Crippen molar-refractivity contribution in [1.29, 1.82) is 0 Å². The zero-order valence-electron chi connectivity index (χ0n) is 15.3. The summed E-state index contributed by atoms with van der Waals surface area (Å²) in [5.74, 6) is 0.574. The number of para-hydroxylation sites is 1. The number of nitrogens with one attached hydrogen (secondary N) is 2. The minimum Gasteiger partial charge on any atom is -0.483 e. The zero-order valence-corrected chi connectivity index (χ0v) is 16.9. The number of halogens is 2. The lowest BCUT2D eigenvalue weighted by atomic mass is 10.1. The predicted molar refractivity (Wildman–Crippen MR) is 109 cm³/mol. The van der Waals surface area contributed by atoms with Crippen molar-refractivity contribution in [3.8, 4) is 5.75 Å². The van der Waals surface area contributed by atoms with Crippen LogP contribution in [0.25, 0.3) is 0 Å². The monoisotopic (exact) mass is 396 g/mol. The van der Waals surface area contributed by atoms with E-state index in [-0.39, 0.29) is 30.5 Å². The van der Waals surface area contributed by atoms with E-state index in [0.717, 1.165) is 16.1 Å². The normalized spacial score (nSPS) is 10.8. The first-order valence-electron chi connectivity index (χ1n) is 8.31. The Hall–Kier alpha value is -1.75. The maximum atomic E-state index is 11.9. The van der Waals surface area contributed by atoms with Crippen LogP contribution < -0.4 is 15.4 Å². The molecule has 0 aliphatic rings. The van der Waals surface area contributed by atoms with Crippen molar-refractivity contribution < 1.29 is 9.53 Å². The molecule has 0 spiro atoms. The van der Waals surface area contributed by atoms with Crippen molar-refractivity contribution in [3.63, 3.8) is 0 Å². The fourth-order valence-electron chi connectivity index (χ4n) is 2.36. The molecule has 2 N–H and O–H groups in total. The Morgan fingerprint density at radius 2 is 1.58 bits per heavy atom. The molecule has 142 valence electrons. The van der Waals surface area contributed by atoms with Gasteiger partial charge in [0.1, 0.15) is 5.75 Å². The summed E-state index contributed by atoms with van der Waals surface area (Å²) in [6.07, 6.45) is 0. The number of ether oxygens (including phenoxy) is 1. The summed E-state index contributed by atoms with van der Waals surface area (Å²) >= 11 is 6.17. The van der Waals surface area contributed by atoms with E-state index in [1.54, 1.807) is 0 Å². The summed E-state index contributed by atoms with van der Waals surface area (Å²) < 4.78 is 5.69. The maximum absolute atomic E-state index is 11.9. The van der Waals surface area contributed by atoms with Gasteiger partial charge >= 0.3 is 0 Å². The van der Waals surface area contributed by atoms with Gasteiger partial charge in [0.05, 0.1) is 0 Å². The van der Waals surface area contributed by atoms with Gasteiger partial charge in [-0.1, -0.05) is 48.0 Å². The maximum Gasteiger partial charge on any atom is 0.258 e. The predicted octanol–water partition coefficient (Wildman–Crippen LogP) is 4.35. The van der Waals surface area contributed by atoms with Gasteiger partial charge in [0, 0.05) is 29.2 Å². The second-order valence-electron chi connectivity index (χ2n) is 6.89. The highest BCUT2D eigenvalue weighted by molar-refractivity contribution is 6.31. The first-order chi connectivity index (χ1) is 11.8. The summed E-state index contributed by atoms with van der Waals surface area (Å²) in [5.41, 5.74) is 1.78.